The highest BCUT2D eigenvalue weighted by Gasteiger charge is 2.44. The molecule has 5 heterocycles. The number of thioether (sulfide) groups is 1. The molecule has 35 nitrogen and oxygen atoms in total. The second-order valence-electron chi connectivity index (χ2n) is 30.5. The number of para-hydroxylation sites is 2. The van der Waals surface area contributed by atoms with Crippen LogP contribution in [0.15, 0.2) is 101 Å². The number of Topliss-reactive ketones (excluding diaryl/α,β-unsaturated/α-hetero) is 2. The zero-order valence-electron chi connectivity index (χ0n) is 71.1. The van der Waals surface area contributed by atoms with Crippen molar-refractivity contribution in [1.82, 2.24) is 34.4 Å². The van der Waals surface area contributed by atoms with Crippen molar-refractivity contribution in [3.63, 3.8) is 0 Å². The first kappa shape index (κ1) is 98.8. The molecule has 7 amide bonds. The number of amides is 7. The van der Waals surface area contributed by atoms with E-state index in [1.54, 1.807) is 74.5 Å². The van der Waals surface area contributed by atoms with Crippen LogP contribution in [-0.2, 0) is 108 Å². The standard InChI is InChI=1S/C86H117N9O26S4/c1-62-22-24-66(25-23-62)124(106,107)95(85(102)80-67-17-4-6-19-73(67)93(74-20-7-5-18-68(74)80)28-12-56-123(104,105)92-32-30-91(31-33-92)78(99)60-94-83(100)70-58-63(2)57-69-79(70)71(84(94)101)59-76(81(69)87)125(108,109)110)29-9-14-65(97)16-11-35-112-39-43-115-46-48-117-44-40-113-36-26-77(98)88-27-37-114-41-45-118-49-51-120-53-55-121-54-52-119-50-47-116-42-38-111-34-10-15-64(96)13-3-8-21-75-82-72(61-122-75)89-86(103)90-82/h4-7,17-20,22-25,57-59,72,75,82H,3,8-16,21,26-56,60-61H2,1-2H3,(H5-,87,88,89,90,98,100,101,103,108,109,110)/p+1. The van der Waals surface area contributed by atoms with E-state index in [-0.39, 0.29) is 171 Å². The number of urea groups is 1. The second kappa shape index (κ2) is 50.4. The first-order valence-electron chi connectivity index (χ1n) is 42.6. The number of piperazine rings is 1. The number of anilines is 1. The van der Waals surface area contributed by atoms with E-state index >= 15 is 4.79 Å². The summed E-state index contributed by atoms with van der Waals surface area (Å²) in [5, 5.41) is 10.2. The van der Waals surface area contributed by atoms with Crippen molar-refractivity contribution in [1.29, 1.82) is 0 Å². The smallest absolute Gasteiger partial charge is 0.315 e. The Labute approximate surface area is 734 Å². The van der Waals surface area contributed by atoms with E-state index in [9.17, 15) is 63.4 Å². The number of nitrogens with zero attached hydrogens (tertiary/aromatic N) is 5. The maximum atomic E-state index is 15.3. The van der Waals surface area contributed by atoms with Gasteiger partial charge in [-0.1, -0.05) is 48.4 Å². The van der Waals surface area contributed by atoms with E-state index in [4.69, 9.17) is 57.8 Å². The molecular formula is C86H118N9O26S4+. The summed E-state index contributed by atoms with van der Waals surface area (Å²) in [4.78, 5) is 107. The molecule has 686 valence electrons. The third-order valence-corrected chi connectivity index (χ3v) is 27.6. The Balaban J connectivity index is 0.520. The van der Waals surface area contributed by atoms with Crippen molar-refractivity contribution in [3.8, 4) is 0 Å². The number of hydrogen-bond donors (Lipinski definition) is 5. The molecule has 3 fully saturated rings. The van der Waals surface area contributed by atoms with Gasteiger partial charge in [-0.15, -0.1) is 0 Å². The second-order valence-corrected chi connectivity index (χ2v) is 37.2. The molecule has 0 aliphatic carbocycles. The molecule has 1 aromatic heterocycles. The molecule has 10 rings (SSSR count). The van der Waals surface area contributed by atoms with Crippen LogP contribution in [0.25, 0.3) is 32.6 Å². The van der Waals surface area contributed by atoms with E-state index in [0.29, 0.717) is 195 Å². The number of nitrogens with two attached hydrogens (primary N) is 1. The highest BCUT2D eigenvalue weighted by atomic mass is 32.2. The normalized spacial score (nSPS) is 16.2. The molecule has 3 atom stereocenters. The fraction of sp³-hybridized carbons (Fsp3) is 0.570. The summed E-state index contributed by atoms with van der Waals surface area (Å²) in [5.74, 6) is -2.68. The number of fused-ring (bicyclic) bond motifs is 3. The lowest BCUT2D eigenvalue weighted by Crippen LogP contribution is -2.54. The highest BCUT2D eigenvalue weighted by molar-refractivity contribution is 8.00. The predicted molar refractivity (Wildman–Crippen MR) is 464 cm³/mol. The van der Waals surface area contributed by atoms with Crippen LogP contribution in [0.1, 0.15) is 119 Å². The Morgan fingerprint density at radius 1 is 0.544 bits per heavy atom. The maximum Gasteiger partial charge on any atom is 0.315 e. The number of imide groups is 1. The number of nitrogen functional groups attached to an aromatic ring is 1. The number of ketones is 2. The summed E-state index contributed by atoms with van der Waals surface area (Å²) in [7, 11) is -13.4. The number of unbranched alkanes of at least 4 members (excludes halogenated alkanes) is 1. The van der Waals surface area contributed by atoms with Gasteiger partial charge >= 0.3 is 6.03 Å². The molecule has 4 aliphatic rings. The molecule has 0 radical (unpaired) electrons. The fourth-order valence-corrected chi connectivity index (χ4v) is 20.2. The third kappa shape index (κ3) is 29.6. The summed E-state index contributed by atoms with van der Waals surface area (Å²) < 4.78 is 157. The van der Waals surface area contributed by atoms with Gasteiger partial charge < -0.3 is 78.7 Å². The molecular weight excluding hydrogens is 1700 g/mol. The largest absolute Gasteiger partial charge is 0.397 e. The Morgan fingerprint density at radius 3 is 1.57 bits per heavy atom. The lowest BCUT2D eigenvalue weighted by molar-refractivity contribution is -0.645. The van der Waals surface area contributed by atoms with E-state index in [2.05, 4.69) is 16.0 Å². The molecule has 4 aliphatic heterocycles. The minimum Gasteiger partial charge on any atom is -0.397 e. The van der Waals surface area contributed by atoms with Crippen molar-refractivity contribution in [2.24, 2.45) is 0 Å². The van der Waals surface area contributed by atoms with Crippen molar-refractivity contribution in [3.05, 3.63) is 119 Å². The SMILES string of the molecule is Cc1ccc(S(=O)(=O)N(CCCC(=O)CCCOCCOCCOCCOCCC(=O)NCCOCCOCCOCCOCCOCCOCCOCCCC(=O)CCCCC2SCC3NC(=O)NC32)C(=O)c2c3ccccc3[n+](CCCS(=O)(=O)N3CCN(C(=O)CN4C(=O)c5cc(C)cc6c(N)c(S(=O)(=O)O)cc(c56)C4=O)CC3)c3ccccc23)cc1. The molecule has 0 bridgehead atoms. The quantitative estimate of drug-likeness (QED) is 0.00576. The molecule has 125 heavy (non-hydrogen) atoms. The van der Waals surface area contributed by atoms with Gasteiger partial charge in [-0.3, -0.25) is 43.0 Å². The summed E-state index contributed by atoms with van der Waals surface area (Å²) in [6.07, 6.45) is 5.54. The molecule has 5 aromatic carbocycles. The molecule has 0 spiro atoms. The van der Waals surface area contributed by atoms with Crippen LogP contribution in [0.3, 0.4) is 0 Å². The zero-order chi connectivity index (χ0) is 89.1. The van der Waals surface area contributed by atoms with Crippen LogP contribution >= 0.6 is 11.8 Å². The Kier molecular flexibility index (Phi) is 39.9. The molecule has 6 N–H and O–H groups in total. The summed E-state index contributed by atoms with van der Waals surface area (Å²) in [5.41, 5.74) is 7.97. The topological polar surface area (TPSA) is 440 Å². The molecule has 0 saturated carbocycles. The van der Waals surface area contributed by atoms with Gasteiger partial charge in [-0.25, -0.2) is 25.9 Å². The van der Waals surface area contributed by atoms with Gasteiger partial charge in [0, 0.05) is 130 Å². The number of ether oxygens (including phenoxy) is 11. The van der Waals surface area contributed by atoms with E-state index in [1.807, 2.05) is 16.3 Å². The number of pyridine rings is 1. The van der Waals surface area contributed by atoms with Gasteiger partial charge in [-0.05, 0) is 94.0 Å². The van der Waals surface area contributed by atoms with Gasteiger partial charge in [0.1, 0.15) is 23.0 Å². The number of aromatic nitrogens is 1. The lowest BCUT2D eigenvalue weighted by atomic mass is 9.91. The van der Waals surface area contributed by atoms with Gasteiger partial charge in [-0.2, -0.15) is 29.1 Å². The number of rotatable bonds is 61. The van der Waals surface area contributed by atoms with Crippen molar-refractivity contribution < 1.29 is 125 Å². The summed E-state index contributed by atoms with van der Waals surface area (Å²) in [6, 6.07) is 24.2. The number of carbonyl (C=O) groups excluding carboxylic acids is 8. The van der Waals surface area contributed by atoms with Crippen LogP contribution in [0, 0.1) is 13.8 Å². The van der Waals surface area contributed by atoms with Crippen molar-refractivity contribution >= 4 is 127 Å². The van der Waals surface area contributed by atoms with Gasteiger partial charge in [0.15, 0.2) is 6.54 Å². The van der Waals surface area contributed by atoms with Crippen molar-refractivity contribution in [2.75, 3.05) is 208 Å². The average molecular weight is 1820 g/mol. The number of benzene rings is 5. The predicted octanol–water partition coefficient (Wildman–Crippen LogP) is 5.76. The lowest BCUT2D eigenvalue weighted by Gasteiger charge is -2.35. The van der Waals surface area contributed by atoms with E-state index in [1.165, 1.54) is 33.5 Å². The van der Waals surface area contributed by atoms with E-state index in [0.717, 1.165) is 41.0 Å². The number of aryl methyl sites for hydroxylation is 3. The number of sulfonamides is 2. The molecule has 6 aromatic rings. The summed E-state index contributed by atoms with van der Waals surface area (Å²) >= 11 is 1.90. The third-order valence-electron chi connectivity index (χ3n) is 21.5. The minimum atomic E-state index is -4.91. The maximum absolute atomic E-state index is 15.3. The van der Waals surface area contributed by atoms with Crippen LogP contribution in [-0.4, -0.2) is 315 Å². The van der Waals surface area contributed by atoms with Gasteiger partial charge in [0.05, 0.1) is 182 Å². The van der Waals surface area contributed by atoms with Gasteiger partial charge in [0.25, 0.3) is 37.9 Å². The van der Waals surface area contributed by atoms with Crippen molar-refractivity contribution in [2.45, 2.75) is 125 Å². The first-order chi connectivity index (χ1) is 60.3. The average Bonchev–Trinajstić information content (AvgIpc) is 1.16. The monoisotopic (exact) mass is 1820 g/mol. The highest BCUT2D eigenvalue weighted by Crippen LogP contribution is 2.39. The Morgan fingerprint density at radius 2 is 1.03 bits per heavy atom. The Bertz CT molecular complexity index is 4930. The first-order valence-corrected chi connectivity index (χ1v) is 48.1. The number of carbonyl (C=O) groups is 8. The zero-order valence-corrected chi connectivity index (χ0v) is 74.4. The van der Waals surface area contributed by atoms with Crippen LogP contribution in [0.4, 0.5) is 10.5 Å². The Hall–Kier alpha value is -8.33. The molecule has 3 unspecified atom stereocenters. The van der Waals surface area contributed by atoms with Crippen LogP contribution in [0.2, 0.25) is 0 Å². The minimum absolute atomic E-state index is 0.00727. The van der Waals surface area contributed by atoms with Crippen LogP contribution < -0.4 is 26.3 Å². The van der Waals surface area contributed by atoms with E-state index < -0.39 is 65.2 Å². The number of hydrogen-bond acceptors (Lipinski definition) is 27. The molecule has 3 saturated heterocycles. The van der Waals surface area contributed by atoms with Gasteiger partial charge in [0.2, 0.25) is 32.9 Å². The molecule has 39 heteroatoms. The number of nitrogens with one attached hydrogen (secondary N) is 3. The fourth-order valence-electron chi connectivity index (χ4n) is 15.1. The summed E-state index contributed by atoms with van der Waals surface area (Å²) in [6.45, 7) is 10.8. The van der Waals surface area contributed by atoms with Crippen LogP contribution in [0.5, 0.6) is 0 Å².